The van der Waals surface area contributed by atoms with Crippen LogP contribution in [0.25, 0.3) is 5.69 Å². The molecular weight excluding hydrogens is 415 g/mol. The molecule has 0 bridgehead atoms. The highest BCUT2D eigenvalue weighted by molar-refractivity contribution is 6.33. The molecule has 1 saturated heterocycles. The lowest BCUT2D eigenvalue weighted by molar-refractivity contribution is 0.0786. The number of tetrazole rings is 1. The molecule has 4 rings (SSSR count). The number of amides is 1. The van der Waals surface area contributed by atoms with E-state index in [1.165, 1.54) is 18.1 Å². The van der Waals surface area contributed by atoms with Gasteiger partial charge in [0.15, 0.2) is 0 Å². The Kier molecular flexibility index (Phi) is 6.36. The van der Waals surface area contributed by atoms with Crippen molar-refractivity contribution in [2.45, 2.75) is 12.0 Å². The highest BCUT2D eigenvalue weighted by Gasteiger charge is 2.35. The third-order valence-corrected chi connectivity index (χ3v) is 5.28. The average Bonchev–Trinajstić information content (AvgIpc) is 3.38. The van der Waals surface area contributed by atoms with E-state index in [0.29, 0.717) is 35.1 Å². The van der Waals surface area contributed by atoms with Crippen LogP contribution in [0.3, 0.4) is 0 Å². The Hall–Kier alpha value is -2.68. The summed E-state index contributed by atoms with van der Waals surface area (Å²) >= 11 is 6.39. The Balaban J connectivity index is 0.00000240. The smallest absolute Gasteiger partial charge is 0.257 e. The van der Waals surface area contributed by atoms with E-state index in [1.807, 2.05) is 30.3 Å². The van der Waals surface area contributed by atoms with Gasteiger partial charge in [0.1, 0.15) is 12.1 Å². The number of hydrogen-bond donors (Lipinski definition) is 1. The monoisotopic (exact) mass is 434 g/mol. The number of methoxy groups -OCH3 is 1. The molecule has 2 heterocycles. The van der Waals surface area contributed by atoms with E-state index in [9.17, 15) is 4.79 Å². The number of aromatic nitrogens is 4. The zero-order valence-corrected chi connectivity index (χ0v) is 17.2. The summed E-state index contributed by atoms with van der Waals surface area (Å²) in [4.78, 5) is 14.9. The summed E-state index contributed by atoms with van der Waals surface area (Å²) in [6, 6.07) is 13.1. The normalized spacial score (nSPS) is 18.4. The lowest BCUT2D eigenvalue weighted by atomic mass is 9.95. The first-order chi connectivity index (χ1) is 13.6. The van der Waals surface area contributed by atoms with E-state index in [1.54, 1.807) is 17.0 Å². The molecule has 0 unspecified atom stereocenters. The molecule has 0 radical (unpaired) electrons. The molecule has 2 atom stereocenters. The summed E-state index contributed by atoms with van der Waals surface area (Å²) in [5.41, 5.74) is 8.37. The van der Waals surface area contributed by atoms with E-state index in [4.69, 9.17) is 22.1 Å². The van der Waals surface area contributed by atoms with Crippen LogP contribution in [0.2, 0.25) is 5.02 Å². The molecule has 1 aliphatic rings. The number of carbonyl (C=O) groups excluding carboxylic acids is 1. The van der Waals surface area contributed by atoms with Crippen molar-refractivity contribution in [3.8, 4) is 11.4 Å². The fourth-order valence-electron chi connectivity index (χ4n) is 3.54. The highest BCUT2D eigenvalue weighted by Crippen LogP contribution is 2.33. The number of halogens is 2. The largest absolute Gasteiger partial charge is 0.496 e. The maximum atomic E-state index is 13.2. The van der Waals surface area contributed by atoms with Crippen molar-refractivity contribution in [3.63, 3.8) is 0 Å². The van der Waals surface area contributed by atoms with Crippen LogP contribution in [0.1, 0.15) is 21.8 Å². The molecule has 3 aromatic rings. The van der Waals surface area contributed by atoms with Gasteiger partial charge in [-0.05, 0) is 22.1 Å². The first-order valence-corrected chi connectivity index (χ1v) is 9.17. The van der Waals surface area contributed by atoms with E-state index in [2.05, 4.69) is 15.5 Å². The zero-order valence-electron chi connectivity index (χ0n) is 15.6. The number of ether oxygens (including phenoxy) is 1. The Morgan fingerprint density at radius 2 is 2.00 bits per heavy atom. The summed E-state index contributed by atoms with van der Waals surface area (Å²) in [5, 5.41) is 11.4. The number of rotatable bonds is 4. The number of likely N-dealkylation sites (tertiary alicyclic amines) is 1. The standard InChI is InChI=1S/C19H19ClN6O2.ClH/c1-28-18-8-17(26-11-22-23-24-26)15(20)7-13(18)19(27)25-9-14(16(21)10-25)12-5-3-2-4-6-12;/h2-8,11,14,16H,9-10,21H2,1H3;1H/t14-,16+;/m0./s1. The summed E-state index contributed by atoms with van der Waals surface area (Å²) in [7, 11) is 1.51. The van der Waals surface area contributed by atoms with Crippen LogP contribution >= 0.6 is 24.0 Å². The number of hydrogen-bond acceptors (Lipinski definition) is 6. The van der Waals surface area contributed by atoms with Crippen LogP contribution in [-0.2, 0) is 0 Å². The van der Waals surface area contributed by atoms with Crippen molar-refractivity contribution in [3.05, 3.63) is 64.9 Å². The Labute approximate surface area is 179 Å². The van der Waals surface area contributed by atoms with Crippen molar-refractivity contribution in [2.24, 2.45) is 5.73 Å². The van der Waals surface area contributed by atoms with Crippen molar-refractivity contribution in [1.82, 2.24) is 25.1 Å². The van der Waals surface area contributed by atoms with E-state index >= 15 is 0 Å². The first-order valence-electron chi connectivity index (χ1n) is 8.79. The minimum absolute atomic E-state index is 0. The number of nitrogens with zero attached hydrogens (tertiary/aromatic N) is 5. The molecule has 1 amide bonds. The van der Waals surface area contributed by atoms with E-state index in [-0.39, 0.29) is 30.3 Å². The van der Waals surface area contributed by atoms with Gasteiger partial charge in [-0.25, -0.2) is 0 Å². The maximum absolute atomic E-state index is 13.2. The molecule has 8 nitrogen and oxygen atoms in total. The Morgan fingerprint density at radius 1 is 1.24 bits per heavy atom. The van der Waals surface area contributed by atoms with Gasteiger partial charge >= 0.3 is 0 Å². The van der Waals surface area contributed by atoms with Crippen molar-refractivity contribution in [1.29, 1.82) is 0 Å². The minimum Gasteiger partial charge on any atom is -0.496 e. The minimum atomic E-state index is -0.170. The van der Waals surface area contributed by atoms with Gasteiger partial charge in [0.05, 0.1) is 23.4 Å². The number of carbonyl (C=O) groups is 1. The van der Waals surface area contributed by atoms with Gasteiger partial charge < -0.3 is 15.4 Å². The summed E-state index contributed by atoms with van der Waals surface area (Å²) in [6.45, 7) is 1.01. The second-order valence-electron chi connectivity index (χ2n) is 6.65. The molecule has 2 aromatic carbocycles. The predicted octanol–water partition coefficient (Wildman–Crippen LogP) is 2.31. The summed E-state index contributed by atoms with van der Waals surface area (Å²) < 4.78 is 6.85. The van der Waals surface area contributed by atoms with Crippen LogP contribution in [0.15, 0.2) is 48.8 Å². The quantitative estimate of drug-likeness (QED) is 0.676. The zero-order chi connectivity index (χ0) is 19.7. The molecule has 0 aliphatic carbocycles. The van der Waals surface area contributed by atoms with Gasteiger partial charge in [0.25, 0.3) is 5.91 Å². The summed E-state index contributed by atoms with van der Waals surface area (Å²) in [5.74, 6) is 0.319. The van der Waals surface area contributed by atoms with E-state index < -0.39 is 0 Å². The molecule has 10 heteroatoms. The van der Waals surface area contributed by atoms with Crippen molar-refractivity contribution in [2.75, 3.05) is 20.2 Å². The molecule has 1 aromatic heterocycles. The molecule has 1 fully saturated rings. The van der Waals surface area contributed by atoms with Crippen molar-refractivity contribution < 1.29 is 9.53 Å². The van der Waals surface area contributed by atoms with Gasteiger partial charge in [-0.3, -0.25) is 4.79 Å². The van der Waals surface area contributed by atoms with Crippen LogP contribution < -0.4 is 10.5 Å². The third kappa shape index (κ3) is 4.05. The molecule has 152 valence electrons. The third-order valence-electron chi connectivity index (χ3n) is 4.98. The van der Waals surface area contributed by atoms with E-state index in [0.717, 1.165) is 5.56 Å². The van der Waals surface area contributed by atoms with Gasteiger partial charge in [-0.15, -0.1) is 17.5 Å². The van der Waals surface area contributed by atoms with Crippen LogP contribution in [0.4, 0.5) is 0 Å². The second kappa shape index (κ2) is 8.77. The van der Waals surface area contributed by atoms with Crippen LogP contribution in [0, 0.1) is 0 Å². The molecule has 0 saturated carbocycles. The Morgan fingerprint density at radius 3 is 2.66 bits per heavy atom. The number of nitrogens with two attached hydrogens (primary N) is 1. The average molecular weight is 435 g/mol. The fourth-order valence-corrected chi connectivity index (χ4v) is 3.79. The molecule has 2 N–H and O–H groups in total. The summed E-state index contributed by atoms with van der Waals surface area (Å²) in [6.07, 6.45) is 1.42. The lowest BCUT2D eigenvalue weighted by Gasteiger charge is -2.19. The lowest BCUT2D eigenvalue weighted by Crippen LogP contribution is -2.32. The van der Waals surface area contributed by atoms with Gasteiger partial charge in [-0.1, -0.05) is 41.9 Å². The fraction of sp³-hybridized carbons (Fsp3) is 0.263. The molecule has 0 spiro atoms. The molecular formula is C19H20Cl2N6O2. The first kappa shape index (κ1) is 21.0. The van der Waals surface area contributed by atoms with Crippen LogP contribution in [0.5, 0.6) is 5.75 Å². The molecule has 1 aliphatic heterocycles. The molecule has 29 heavy (non-hydrogen) atoms. The highest BCUT2D eigenvalue weighted by atomic mass is 35.5. The number of benzene rings is 2. The Bertz CT molecular complexity index is 984. The van der Waals surface area contributed by atoms with Gasteiger partial charge in [0.2, 0.25) is 0 Å². The predicted molar refractivity (Wildman–Crippen MR) is 111 cm³/mol. The van der Waals surface area contributed by atoms with Crippen LogP contribution in [-0.4, -0.2) is 57.3 Å². The topological polar surface area (TPSA) is 99.2 Å². The maximum Gasteiger partial charge on any atom is 0.257 e. The van der Waals surface area contributed by atoms with Gasteiger partial charge in [-0.2, -0.15) is 4.68 Å². The van der Waals surface area contributed by atoms with Gasteiger partial charge in [0, 0.05) is 31.1 Å². The van der Waals surface area contributed by atoms with Crippen molar-refractivity contribution >= 4 is 29.9 Å². The second-order valence-corrected chi connectivity index (χ2v) is 7.06. The SMILES string of the molecule is COc1cc(-n2cnnn2)c(Cl)cc1C(=O)N1C[C@@H](N)[C@H](c2ccccc2)C1.Cl.